The maximum Gasteiger partial charge on any atom is 0.411 e. The SMILES string of the molecule is Cc1ccc(C(c2ccc(O)c(C(C)(C)C)c2)(C(F)(F)F)C(F)(F)F)cc1C(C)(C)C. The molecule has 0 saturated heterocycles. The Balaban J connectivity index is 3.06. The topological polar surface area (TPSA) is 20.2 Å². The molecule has 0 aliphatic rings. The minimum atomic E-state index is -5.68. The molecule has 1 nitrogen and oxygen atoms in total. The lowest BCUT2D eigenvalue weighted by Crippen LogP contribution is -2.55. The molecular weight excluding hydrogens is 418 g/mol. The number of hydrogen-bond donors (Lipinski definition) is 1. The summed E-state index contributed by atoms with van der Waals surface area (Å²) in [5.41, 5.74) is -6.63. The number of alkyl halides is 6. The van der Waals surface area contributed by atoms with Crippen molar-refractivity contribution in [2.75, 3.05) is 0 Å². The summed E-state index contributed by atoms with van der Waals surface area (Å²) in [4.78, 5) is 0. The van der Waals surface area contributed by atoms with Gasteiger partial charge in [-0.2, -0.15) is 26.3 Å². The number of rotatable bonds is 2. The Bertz CT molecular complexity index is 876. The summed E-state index contributed by atoms with van der Waals surface area (Å²) >= 11 is 0. The molecule has 0 radical (unpaired) electrons. The third-order valence-corrected chi connectivity index (χ3v) is 5.57. The van der Waals surface area contributed by atoms with Crippen LogP contribution in [0.2, 0.25) is 0 Å². The first-order chi connectivity index (χ1) is 13.7. The van der Waals surface area contributed by atoms with Gasteiger partial charge in [0.15, 0.2) is 0 Å². The first-order valence-corrected chi connectivity index (χ1v) is 9.83. The van der Waals surface area contributed by atoms with E-state index in [1.54, 1.807) is 48.5 Å². The molecule has 0 saturated carbocycles. The van der Waals surface area contributed by atoms with E-state index >= 15 is 0 Å². The number of benzene rings is 2. The Morgan fingerprint density at radius 1 is 0.613 bits per heavy atom. The zero-order valence-electron chi connectivity index (χ0n) is 18.7. The smallest absolute Gasteiger partial charge is 0.411 e. The van der Waals surface area contributed by atoms with Crippen molar-refractivity contribution in [1.29, 1.82) is 0 Å². The summed E-state index contributed by atoms with van der Waals surface area (Å²) < 4.78 is 87.1. The van der Waals surface area contributed by atoms with Gasteiger partial charge in [0.25, 0.3) is 0 Å². The lowest BCUT2D eigenvalue weighted by molar-refractivity contribution is -0.288. The molecule has 0 spiro atoms. The normalized spacial score (nSPS) is 14.1. The fourth-order valence-corrected chi connectivity index (χ4v) is 4.02. The van der Waals surface area contributed by atoms with Crippen LogP contribution in [0.25, 0.3) is 0 Å². The van der Waals surface area contributed by atoms with Gasteiger partial charge in [0.1, 0.15) is 5.75 Å². The first kappa shape index (κ1) is 25.1. The van der Waals surface area contributed by atoms with Crippen molar-refractivity contribution in [1.82, 2.24) is 0 Å². The van der Waals surface area contributed by atoms with Crippen molar-refractivity contribution in [2.24, 2.45) is 0 Å². The van der Waals surface area contributed by atoms with Crippen LogP contribution >= 0.6 is 0 Å². The summed E-state index contributed by atoms with van der Waals surface area (Å²) in [7, 11) is 0. The average molecular weight is 446 g/mol. The number of aryl methyl sites for hydroxylation is 1. The fourth-order valence-electron chi connectivity index (χ4n) is 4.02. The van der Waals surface area contributed by atoms with Crippen molar-refractivity contribution >= 4 is 0 Å². The second kappa shape index (κ2) is 7.45. The summed E-state index contributed by atoms with van der Waals surface area (Å²) in [6, 6.07) is 5.65. The summed E-state index contributed by atoms with van der Waals surface area (Å²) in [6.07, 6.45) is -11.4. The van der Waals surface area contributed by atoms with Crippen LogP contribution in [-0.4, -0.2) is 17.5 Å². The van der Waals surface area contributed by atoms with Gasteiger partial charge in [-0.05, 0) is 51.6 Å². The number of phenolic OH excluding ortho intramolecular Hbond substituents is 1. The minimum absolute atomic E-state index is 0.00558. The molecule has 0 aliphatic heterocycles. The van der Waals surface area contributed by atoms with Gasteiger partial charge in [0.05, 0.1) is 0 Å². The van der Waals surface area contributed by atoms with Crippen LogP contribution < -0.4 is 0 Å². The van der Waals surface area contributed by atoms with E-state index in [1.165, 1.54) is 6.07 Å². The molecule has 0 heterocycles. The molecule has 0 aromatic heterocycles. The van der Waals surface area contributed by atoms with E-state index in [9.17, 15) is 31.4 Å². The molecule has 7 heteroatoms. The van der Waals surface area contributed by atoms with Crippen molar-refractivity contribution in [2.45, 2.75) is 77.1 Å². The van der Waals surface area contributed by atoms with Crippen molar-refractivity contribution in [3.05, 3.63) is 64.2 Å². The number of halogens is 6. The van der Waals surface area contributed by atoms with E-state index in [4.69, 9.17) is 0 Å². The Hall–Kier alpha value is -2.18. The molecule has 31 heavy (non-hydrogen) atoms. The predicted molar refractivity (Wildman–Crippen MR) is 110 cm³/mol. The third-order valence-electron chi connectivity index (χ3n) is 5.57. The predicted octanol–water partition coefficient (Wildman–Crippen LogP) is 7.71. The third kappa shape index (κ3) is 4.28. The molecule has 0 fully saturated rings. The van der Waals surface area contributed by atoms with Crippen molar-refractivity contribution in [3.8, 4) is 5.75 Å². The van der Waals surface area contributed by atoms with Crippen molar-refractivity contribution < 1.29 is 31.4 Å². The Morgan fingerprint density at radius 3 is 1.39 bits per heavy atom. The van der Waals surface area contributed by atoms with Gasteiger partial charge in [0.2, 0.25) is 5.41 Å². The number of phenols is 1. The first-order valence-electron chi connectivity index (χ1n) is 9.83. The van der Waals surface area contributed by atoms with Crippen LogP contribution in [0.5, 0.6) is 5.75 Å². The highest BCUT2D eigenvalue weighted by molar-refractivity contribution is 5.52. The van der Waals surface area contributed by atoms with Gasteiger partial charge in [-0.15, -0.1) is 0 Å². The molecule has 172 valence electrons. The molecule has 0 unspecified atom stereocenters. The fraction of sp³-hybridized carbons (Fsp3) is 0.500. The maximum absolute atomic E-state index is 14.5. The van der Waals surface area contributed by atoms with E-state index in [0.717, 1.165) is 24.3 Å². The standard InChI is InChI=1S/C24H28F6O/c1-14-8-9-15(12-17(14)20(2,3)4)22(23(25,26)27,24(28,29)30)16-10-11-19(31)18(13-16)21(5,6)7/h8-13,31H,1-7H3. The van der Waals surface area contributed by atoms with Crippen LogP contribution in [-0.2, 0) is 16.2 Å². The zero-order chi connectivity index (χ0) is 24.2. The molecule has 0 bridgehead atoms. The van der Waals surface area contributed by atoms with E-state index in [2.05, 4.69) is 0 Å². The minimum Gasteiger partial charge on any atom is -0.508 e. The summed E-state index contributed by atoms with van der Waals surface area (Å²) in [5, 5.41) is 10.1. The van der Waals surface area contributed by atoms with E-state index in [1.807, 2.05) is 0 Å². The van der Waals surface area contributed by atoms with Gasteiger partial charge in [0, 0.05) is 0 Å². The van der Waals surface area contributed by atoms with Crippen LogP contribution in [0.1, 0.15) is 69.4 Å². The number of hydrogen-bond acceptors (Lipinski definition) is 1. The van der Waals surface area contributed by atoms with E-state index < -0.39 is 39.7 Å². The Morgan fingerprint density at radius 2 is 1.00 bits per heavy atom. The Kier molecular flexibility index (Phi) is 6.03. The van der Waals surface area contributed by atoms with Crippen LogP contribution in [0.15, 0.2) is 36.4 Å². The van der Waals surface area contributed by atoms with Crippen LogP contribution in [0.3, 0.4) is 0 Å². The highest BCUT2D eigenvalue weighted by Crippen LogP contribution is 2.57. The average Bonchev–Trinajstić information content (AvgIpc) is 2.53. The van der Waals surface area contributed by atoms with Gasteiger partial charge < -0.3 is 5.11 Å². The highest BCUT2D eigenvalue weighted by atomic mass is 19.4. The van der Waals surface area contributed by atoms with E-state index in [0.29, 0.717) is 17.2 Å². The highest BCUT2D eigenvalue weighted by Gasteiger charge is 2.72. The Labute approximate surface area is 179 Å². The quantitative estimate of drug-likeness (QED) is 0.469. The molecule has 0 aliphatic carbocycles. The van der Waals surface area contributed by atoms with Gasteiger partial charge >= 0.3 is 12.4 Å². The second-order valence-corrected chi connectivity index (χ2v) is 10.0. The summed E-state index contributed by atoms with van der Waals surface area (Å²) in [6.45, 7) is 11.7. The molecule has 0 atom stereocenters. The molecule has 2 rings (SSSR count). The lowest BCUT2D eigenvalue weighted by Gasteiger charge is -2.40. The van der Waals surface area contributed by atoms with Crippen molar-refractivity contribution in [3.63, 3.8) is 0 Å². The van der Waals surface area contributed by atoms with Gasteiger partial charge in [-0.1, -0.05) is 71.9 Å². The molecule has 2 aromatic carbocycles. The van der Waals surface area contributed by atoms with Gasteiger partial charge in [-0.3, -0.25) is 0 Å². The molecule has 0 amide bonds. The van der Waals surface area contributed by atoms with E-state index in [-0.39, 0.29) is 11.3 Å². The van der Waals surface area contributed by atoms with Gasteiger partial charge in [-0.25, -0.2) is 0 Å². The second-order valence-electron chi connectivity index (χ2n) is 10.0. The monoisotopic (exact) mass is 446 g/mol. The lowest BCUT2D eigenvalue weighted by atomic mass is 9.69. The maximum atomic E-state index is 14.5. The number of aromatic hydroxyl groups is 1. The molecule has 2 aromatic rings. The summed E-state index contributed by atoms with van der Waals surface area (Å²) in [5.74, 6) is -0.353. The largest absolute Gasteiger partial charge is 0.508 e. The van der Waals surface area contributed by atoms with Crippen LogP contribution in [0, 0.1) is 6.92 Å². The van der Waals surface area contributed by atoms with Crippen LogP contribution in [0.4, 0.5) is 26.3 Å². The molecular formula is C24H28F6O. The zero-order valence-corrected chi connectivity index (χ0v) is 18.7. The molecule has 1 N–H and O–H groups in total.